The maximum atomic E-state index is 10.9. The molecule has 0 aliphatic heterocycles. The van der Waals surface area contributed by atoms with Crippen LogP contribution >= 0.6 is 11.6 Å². The van der Waals surface area contributed by atoms with E-state index in [1.807, 2.05) is 0 Å². The van der Waals surface area contributed by atoms with Gasteiger partial charge in [0.1, 0.15) is 6.07 Å². The van der Waals surface area contributed by atoms with Crippen LogP contribution in [-0.2, 0) is 4.79 Å². The maximum Gasteiger partial charge on any atom is 0.306 e. The Kier molecular flexibility index (Phi) is 4.28. The Hall–Kier alpha value is -1.73. The molecule has 2 N–H and O–H groups in total. The van der Waals surface area contributed by atoms with E-state index in [9.17, 15) is 4.79 Å². The van der Waals surface area contributed by atoms with Crippen LogP contribution in [-0.4, -0.2) is 17.1 Å². The van der Waals surface area contributed by atoms with Gasteiger partial charge in [0, 0.05) is 11.1 Å². The van der Waals surface area contributed by atoms with E-state index in [1.54, 1.807) is 18.2 Å². The lowest BCUT2D eigenvalue weighted by atomic mass is 9.86. The highest BCUT2D eigenvalue weighted by Gasteiger charge is 2.26. The van der Waals surface area contributed by atoms with Crippen molar-refractivity contribution in [3.05, 3.63) is 28.8 Å². The molecule has 4 nitrogen and oxygen atoms in total. The Morgan fingerprint density at radius 1 is 1.37 bits per heavy atom. The lowest BCUT2D eigenvalue weighted by molar-refractivity contribution is -0.142. The second-order valence-electron chi connectivity index (χ2n) is 4.83. The highest BCUT2D eigenvalue weighted by Crippen LogP contribution is 2.28. The number of halogens is 1. The van der Waals surface area contributed by atoms with Gasteiger partial charge in [-0.25, -0.2) is 0 Å². The molecule has 0 saturated heterocycles. The van der Waals surface area contributed by atoms with Crippen molar-refractivity contribution in [2.45, 2.75) is 31.7 Å². The monoisotopic (exact) mass is 278 g/mol. The first-order chi connectivity index (χ1) is 9.10. The van der Waals surface area contributed by atoms with Crippen molar-refractivity contribution >= 4 is 23.3 Å². The summed E-state index contributed by atoms with van der Waals surface area (Å²) in [4.78, 5) is 10.9. The van der Waals surface area contributed by atoms with Gasteiger partial charge < -0.3 is 10.4 Å². The summed E-state index contributed by atoms with van der Waals surface area (Å²) >= 11 is 5.85. The first kappa shape index (κ1) is 13.7. The number of carbonyl (C=O) groups is 1. The molecule has 0 unspecified atom stereocenters. The Balaban J connectivity index is 2.00. The van der Waals surface area contributed by atoms with Gasteiger partial charge in [-0.15, -0.1) is 0 Å². The van der Waals surface area contributed by atoms with E-state index in [0.29, 0.717) is 23.4 Å². The molecule has 0 heterocycles. The lowest BCUT2D eigenvalue weighted by Gasteiger charge is -2.27. The third kappa shape index (κ3) is 3.39. The van der Waals surface area contributed by atoms with Crippen LogP contribution in [0, 0.1) is 17.2 Å². The zero-order chi connectivity index (χ0) is 13.8. The van der Waals surface area contributed by atoms with Crippen LogP contribution in [0.3, 0.4) is 0 Å². The highest BCUT2D eigenvalue weighted by molar-refractivity contribution is 6.30. The number of nitrogens with zero attached hydrogens (tertiary/aromatic N) is 1. The summed E-state index contributed by atoms with van der Waals surface area (Å²) in [5.74, 6) is -0.929. The van der Waals surface area contributed by atoms with Crippen LogP contribution in [0.15, 0.2) is 18.2 Å². The molecule has 1 saturated carbocycles. The van der Waals surface area contributed by atoms with Gasteiger partial charge in [0.05, 0.1) is 17.2 Å². The molecule has 1 fully saturated rings. The second kappa shape index (κ2) is 5.94. The molecule has 1 aromatic carbocycles. The van der Waals surface area contributed by atoms with Gasteiger partial charge in [-0.3, -0.25) is 4.79 Å². The Labute approximate surface area is 117 Å². The molecule has 19 heavy (non-hydrogen) atoms. The largest absolute Gasteiger partial charge is 0.481 e. The molecule has 0 bridgehead atoms. The van der Waals surface area contributed by atoms with Gasteiger partial charge in [0.2, 0.25) is 0 Å². The summed E-state index contributed by atoms with van der Waals surface area (Å²) in [6.45, 7) is 0. The van der Waals surface area contributed by atoms with Crippen LogP contribution in [0.2, 0.25) is 5.02 Å². The topological polar surface area (TPSA) is 73.1 Å². The van der Waals surface area contributed by atoms with Gasteiger partial charge in [0.25, 0.3) is 0 Å². The first-order valence-electron chi connectivity index (χ1n) is 6.29. The van der Waals surface area contributed by atoms with Crippen LogP contribution in [0.1, 0.15) is 31.2 Å². The Bertz CT molecular complexity index is 517. The molecule has 0 amide bonds. The zero-order valence-corrected chi connectivity index (χ0v) is 11.2. The van der Waals surface area contributed by atoms with E-state index in [-0.39, 0.29) is 12.0 Å². The Morgan fingerprint density at radius 2 is 2.05 bits per heavy atom. The van der Waals surface area contributed by atoms with Gasteiger partial charge in [0.15, 0.2) is 0 Å². The molecular weight excluding hydrogens is 264 g/mol. The normalized spacial score (nSPS) is 22.5. The maximum absolute atomic E-state index is 10.9. The number of anilines is 1. The van der Waals surface area contributed by atoms with Crippen molar-refractivity contribution in [3.63, 3.8) is 0 Å². The standard InChI is InChI=1S/C14H15ClN2O2/c15-11-3-6-13(10(7-11)8-16)17-12-4-1-9(2-5-12)14(18)19/h3,6-7,9,12,17H,1-2,4-5H2,(H,18,19). The summed E-state index contributed by atoms with van der Waals surface area (Å²) in [5.41, 5.74) is 1.29. The molecule has 100 valence electrons. The van der Waals surface area contributed by atoms with E-state index in [0.717, 1.165) is 18.5 Å². The summed E-state index contributed by atoms with van der Waals surface area (Å²) in [6, 6.07) is 7.51. The van der Waals surface area contributed by atoms with Crippen LogP contribution in [0.25, 0.3) is 0 Å². The van der Waals surface area contributed by atoms with Gasteiger partial charge in [-0.1, -0.05) is 11.6 Å². The van der Waals surface area contributed by atoms with Crippen molar-refractivity contribution < 1.29 is 9.90 Å². The fourth-order valence-corrected chi connectivity index (χ4v) is 2.61. The van der Waals surface area contributed by atoms with Crippen molar-refractivity contribution in [1.82, 2.24) is 0 Å². The summed E-state index contributed by atoms with van der Waals surface area (Å²) in [6.07, 6.45) is 2.99. The first-order valence-corrected chi connectivity index (χ1v) is 6.67. The molecule has 0 radical (unpaired) electrons. The number of hydrogen-bond acceptors (Lipinski definition) is 3. The summed E-state index contributed by atoms with van der Waals surface area (Å²) in [7, 11) is 0. The smallest absolute Gasteiger partial charge is 0.306 e. The van der Waals surface area contributed by atoms with Crippen LogP contribution < -0.4 is 5.32 Å². The fourth-order valence-electron chi connectivity index (χ4n) is 2.44. The highest BCUT2D eigenvalue weighted by atomic mass is 35.5. The molecule has 0 atom stereocenters. The number of hydrogen-bond donors (Lipinski definition) is 2. The van der Waals surface area contributed by atoms with E-state index in [2.05, 4.69) is 11.4 Å². The molecule has 1 aliphatic rings. The number of nitrogens with one attached hydrogen (secondary N) is 1. The van der Waals surface area contributed by atoms with Crippen molar-refractivity contribution in [1.29, 1.82) is 5.26 Å². The van der Waals surface area contributed by atoms with E-state index in [4.69, 9.17) is 22.0 Å². The molecule has 0 spiro atoms. The Morgan fingerprint density at radius 3 is 2.63 bits per heavy atom. The summed E-state index contributed by atoms with van der Waals surface area (Å²) in [5, 5.41) is 21.9. The number of carboxylic acids is 1. The van der Waals surface area contributed by atoms with E-state index < -0.39 is 5.97 Å². The number of benzene rings is 1. The fraction of sp³-hybridized carbons (Fsp3) is 0.429. The quantitative estimate of drug-likeness (QED) is 0.890. The van der Waals surface area contributed by atoms with Gasteiger partial charge >= 0.3 is 5.97 Å². The second-order valence-corrected chi connectivity index (χ2v) is 5.27. The minimum Gasteiger partial charge on any atom is -0.481 e. The molecule has 0 aromatic heterocycles. The van der Waals surface area contributed by atoms with Crippen LogP contribution in [0.4, 0.5) is 5.69 Å². The van der Waals surface area contributed by atoms with Crippen molar-refractivity contribution in [3.8, 4) is 6.07 Å². The van der Waals surface area contributed by atoms with E-state index in [1.165, 1.54) is 0 Å². The number of rotatable bonds is 3. The molecule has 1 aliphatic carbocycles. The molecule has 1 aromatic rings. The predicted octanol–water partition coefficient (Wildman–Crippen LogP) is 3.27. The van der Waals surface area contributed by atoms with Crippen molar-refractivity contribution in [2.24, 2.45) is 5.92 Å². The third-order valence-corrected chi connectivity index (χ3v) is 3.77. The average molecular weight is 279 g/mol. The molecular formula is C14H15ClN2O2. The molecule has 5 heteroatoms. The summed E-state index contributed by atoms with van der Waals surface area (Å²) < 4.78 is 0. The number of carboxylic acid groups (broad SMARTS) is 1. The van der Waals surface area contributed by atoms with Crippen LogP contribution in [0.5, 0.6) is 0 Å². The predicted molar refractivity (Wildman–Crippen MR) is 73.2 cm³/mol. The minimum absolute atomic E-state index is 0.223. The van der Waals surface area contributed by atoms with Crippen molar-refractivity contribution in [2.75, 3.05) is 5.32 Å². The average Bonchev–Trinajstić information content (AvgIpc) is 2.41. The zero-order valence-electron chi connectivity index (χ0n) is 10.4. The number of aliphatic carboxylic acids is 1. The van der Waals surface area contributed by atoms with E-state index >= 15 is 0 Å². The SMILES string of the molecule is N#Cc1cc(Cl)ccc1NC1CCC(C(=O)O)CC1. The third-order valence-electron chi connectivity index (χ3n) is 3.54. The number of nitriles is 1. The lowest BCUT2D eigenvalue weighted by Crippen LogP contribution is -2.29. The minimum atomic E-state index is -0.706. The molecule has 2 rings (SSSR count). The van der Waals surface area contributed by atoms with Gasteiger partial charge in [-0.2, -0.15) is 5.26 Å². The van der Waals surface area contributed by atoms with Gasteiger partial charge in [-0.05, 0) is 43.9 Å².